The first-order chi connectivity index (χ1) is 18.5. The van der Waals surface area contributed by atoms with Gasteiger partial charge in [-0.2, -0.15) is 0 Å². The summed E-state index contributed by atoms with van der Waals surface area (Å²) in [5.74, 6) is 0.628. The number of benzene rings is 2. The second kappa shape index (κ2) is 11.5. The number of hydrogen-bond donors (Lipinski definition) is 1. The van der Waals surface area contributed by atoms with Crippen LogP contribution in [-0.2, 0) is 16.1 Å². The number of thioether (sulfide) groups is 1. The van der Waals surface area contributed by atoms with Crippen molar-refractivity contribution in [3.8, 4) is 0 Å². The topological polar surface area (TPSA) is 114 Å². The SMILES string of the molecule is Cc1cc(NC(=O)CSc2nc3ccccc3c(=O)n2CCC(=O)N2CCN(c3ccccc3)CC2)no1. The van der Waals surface area contributed by atoms with Crippen LogP contribution >= 0.6 is 11.8 Å². The van der Waals surface area contributed by atoms with Crippen molar-refractivity contribution in [2.75, 3.05) is 42.1 Å². The number of carbonyl (C=O) groups excluding carboxylic acids is 2. The van der Waals surface area contributed by atoms with Gasteiger partial charge in [-0.3, -0.25) is 19.0 Å². The van der Waals surface area contributed by atoms with Gasteiger partial charge < -0.3 is 19.6 Å². The quantitative estimate of drug-likeness (QED) is 0.272. The lowest BCUT2D eigenvalue weighted by molar-refractivity contribution is -0.131. The number of aromatic nitrogens is 3. The van der Waals surface area contributed by atoms with Crippen molar-refractivity contribution in [2.45, 2.75) is 25.0 Å². The highest BCUT2D eigenvalue weighted by atomic mass is 32.2. The summed E-state index contributed by atoms with van der Waals surface area (Å²) in [5.41, 5.74) is 1.47. The largest absolute Gasteiger partial charge is 0.368 e. The van der Waals surface area contributed by atoms with Crippen LogP contribution in [0, 0.1) is 6.92 Å². The van der Waals surface area contributed by atoms with Gasteiger partial charge in [-0.05, 0) is 31.2 Å². The van der Waals surface area contributed by atoms with E-state index in [4.69, 9.17) is 4.52 Å². The number of aryl methyl sites for hydroxylation is 1. The number of nitrogens with one attached hydrogen (secondary N) is 1. The highest BCUT2D eigenvalue weighted by Gasteiger charge is 2.22. The van der Waals surface area contributed by atoms with E-state index >= 15 is 0 Å². The summed E-state index contributed by atoms with van der Waals surface area (Å²) in [5, 5.41) is 7.30. The summed E-state index contributed by atoms with van der Waals surface area (Å²) in [4.78, 5) is 47.6. The minimum absolute atomic E-state index is 0.00661. The van der Waals surface area contributed by atoms with Gasteiger partial charge in [0.2, 0.25) is 11.8 Å². The highest BCUT2D eigenvalue weighted by Crippen LogP contribution is 2.20. The Morgan fingerprint density at radius 2 is 1.76 bits per heavy atom. The summed E-state index contributed by atoms with van der Waals surface area (Å²) in [6, 6.07) is 18.9. The third kappa shape index (κ3) is 5.88. The zero-order chi connectivity index (χ0) is 26.5. The molecule has 2 aromatic carbocycles. The summed E-state index contributed by atoms with van der Waals surface area (Å²) in [6.07, 6.45) is 0.170. The first-order valence-corrected chi connectivity index (χ1v) is 13.4. The number of anilines is 2. The Morgan fingerprint density at radius 3 is 2.50 bits per heavy atom. The Bertz CT molecular complexity index is 1490. The first kappa shape index (κ1) is 25.5. The standard InChI is InChI=1S/C27H28N6O4S/c1-19-17-23(30-37-19)29-24(34)18-38-27-28-22-10-6-5-9-21(22)26(36)33(27)12-11-25(35)32-15-13-31(14-16-32)20-7-3-2-4-8-20/h2-10,17H,11-16,18H2,1H3,(H,29,30,34). The van der Waals surface area contributed by atoms with E-state index in [9.17, 15) is 14.4 Å². The molecule has 1 aliphatic rings. The van der Waals surface area contributed by atoms with Gasteiger partial charge in [-0.25, -0.2) is 4.98 Å². The van der Waals surface area contributed by atoms with E-state index in [1.165, 1.54) is 4.57 Å². The zero-order valence-electron chi connectivity index (χ0n) is 21.0. The van der Waals surface area contributed by atoms with Gasteiger partial charge in [-0.15, -0.1) is 0 Å². The van der Waals surface area contributed by atoms with Crippen molar-refractivity contribution in [3.05, 3.63) is 76.8 Å². The number of amides is 2. The van der Waals surface area contributed by atoms with Gasteiger partial charge in [0.25, 0.3) is 5.56 Å². The van der Waals surface area contributed by atoms with Crippen molar-refractivity contribution < 1.29 is 14.1 Å². The fourth-order valence-electron chi connectivity index (χ4n) is 4.41. The number of carbonyl (C=O) groups is 2. The Labute approximate surface area is 223 Å². The van der Waals surface area contributed by atoms with Gasteiger partial charge >= 0.3 is 0 Å². The van der Waals surface area contributed by atoms with Crippen LogP contribution in [-0.4, -0.2) is 63.4 Å². The van der Waals surface area contributed by atoms with Crippen LogP contribution in [0.4, 0.5) is 11.5 Å². The maximum atomic E-state index is 13.3. The van der Waals surface area contributed by atoms with E-state index in [2.05, 4.69) is 32.5 Å². The molecule has 38 heavy (non-hydrogen) atoms. The molecular weight excluding hydrogens is 504 g/mol. The minimum Gasteiger partial charge on any atom is -0.368 e. The molecule has 0 unspecified atom stereocenters. The van der Waals surface area contributed by atoms with Gasteiger partial charge in [-0.1, -0.05) is 47.3 Å². The van der Waals surface area contributed by atoms with Crippen LogP contribution in [0.2, 0.25) is 0 Å². The van der Waals surface area contributed by atoms with Crippen molar-refractivity contribution >= 4 is 46.0 Å². The third-order valence-corrected chi connectivity index (χ3v) is 7.33. The molecule has 4 aromatic rings. The zero-order valence-corrected chi connectivity index (χ0v) is 21.8. The van der Waals surface area contributed by atoms with Crippen LogP contribution in [0.5, 0.6) is 0 Å². The molecule has 0 aliphatic carbocycles. The molecule has 2 aromatic heterocycles. The van der Waals surface area contributed by atoms with Crippen molar-refractivity contribution in [2.24, 2.45) is 0 Å². The fourth-order valence-corrected chi connectivity index (χ4v) is 5.23. The van der Waals surface area contributed by atoms with E-state index in [1.54, 1.807) is 31.2 Å². The number of rotatable bonds is 8. The summed E-state index contributed by atoms with van der Waals surface area (Å²) >= 11 is 1.15. The molecule has 5 rings (SSSR count). The third-order valence-electron chi connectivity index (χ3n) is 6.36. The van der Waals surface area contributed by atoms with Crippen molar-refractivity contribution in [1.82, 2.24) is 19.6 Å². The van der Waals surface area contributed by atoms with Gasteiger partial charge in [0, 0.05) is 50.9 Å². The first-order valence-electron chi connectivity index (χ1n) is 12.4. The van der Waals surface area contributed by atoms with Crippen molar-refractivity contribution in [1.29, 1.82) is 0 Å². The predicted octanol–water partition coefficient (Wildman–Crippen LogP) is 3.16. The molecular formula is C27H28N6O4S. The molecule has 11 heteroatoms. The van der Waals surface area contributed by atoms with Crippen LogP contribution < -0.4 is 15.8 Å². The lowest BCUT2D eigenvalue weighted by Crippen LogP contribution is -2.49. The van der Waals surface area contributed by atoms with Crippen LogP contribution in [0.15, 0.2) is 75.1 Å². The molecule has 196 valence electrons. The Balaban J connectivity index is 1.25. The van der Waals surface area contributed by atoms with Crippen LogP contribution in [0.25, 0.3) is 10.9 Å². The number of para-hydroxylation sites is 2. The molecule has 1 fully saturated rings. The summed E-state index contributed by atoms with van der Waals surface area (Å²) in [6.45, 7) is 4.69. The second-order valence-corrected chi connectivity index (χ2v) is 9.92. The average Bonchev–Trinajstić information content (AvgIpc) is 3.36. The molecule has 1 saturated heterocycles. The Kier molecular flexibility index (Phi) is 7.73. The molecule has 10 nitrogen and oxygen atoms in total. The minimum atomic E-state index is -0.301. The van der Waals surface area contributed by atoms with E-state index in [-0.39, 0.29) is 36.1 Å². The predicted molar refractivity (Wildman–Crippen MR) is 146 cm³/mol. The molecule has 0 saturated carbocycles. The molecule has 2 amide bonds. The highest BCUT2D eigenvalue weighted by molar-refractivity contribution is 7.99. The summed E-state index contributed by atoms with van der Waals surface area (Å²) < 4.78 is 6.47. The lowest BCUT2D eigenvalue weighted by atomic mass is 10.2. The number of fused-ring (bicyclic) bond motifs is 1. The van der Waals surface area contributed by atoms with Gasteiger partial charge in [0.15, 0.2) is 11.0 Å². The van der Waals surface area contributed by atoms with E-state index in [0.29, 0.717) is 40.7 Å². The molecule has 1 aliphatic heterocycles. The fraction of sp³-hybridized carbons (Fsp3) is 0.296. The van der Waals surface area contributed by atoms with Crippen LogP contribution in [0.3, 0.4) is 0 Å². The number of hydrogen-bond acceptors (Lipinski definition) is 8. The molecule has 0 radical (unpaired) electrons. The second-order valence-electron chi connectivity index (χ2n) is 8.98. The average molecular weight is 533 g/mol. The smallest absolute Gasteiger partial charge is 0.262 e. The molecule has 3 heterocycles. The number of piperazine rings is 1. The van der Waals surface area contributed by atoms with Crippen LogP contribution in [0.1, 0.15) is 12.2 Å². The van der Waals surface area contributed by atoms with E-state index < -0.39 is 0 Å². The normalized spacial score (nSPS) is 13.6. The Morgan fingerprint density at radius 1 is 1.03 bits per heavy atom. The monoisotopic (exact) mass is 532 g/mol. The van der Waals surface area contributed by atoms with Crippen molar-refractivity contribution in [3.63, 3.8) is 0 Å². The van der Waals surface area contributed by atoms with Gasteiger partial charge in [0.05, 0.1) is 16.7 Å². The summed E-state index contributed by atoms with van der Waals surface area (Å²) in [7, 11) is 0. The maximum Gasteiger partial charge on any atom is 0.262 e. The van der Waals surface area contributed by atoms with Gasteiger partial charge in [0.1, 0.15) is 5.76 Å². The van der Waals surface area contributed by atoms with E-state index in [1.807, 2.05) is 29.2 Å². The van der Waals surface area contributed by atoms with E-state index in [0.717, 1.165) is 30.5 Å². The Hall–Kier alpha value is -4.12. The molecule has 0 spiro atoms. The number of nitrogens with zero attached hydrogens (tertiary/aromatic N) is 5. The maximum absolute atomic E-state index is 13.3. The molecule has 0 bridgehead atoms. The lowest BCUT2D eigenvalue weighted by Gasteiger charge is -2.36. The molecule has 1 N–H and O–H groups in total. The molecule has 0 atom stereocenters.